The topological polar surface area (TPSA) is 28.1 Å². The largest absolute Gasteiger partial charge is 0.361 e. The fourth-order valence-corrected chi connectivity index (χ4v) is 2.11. The Labute approximate surface area is 91.1 Å². The first-order valence-corrected chi connectivity index (χ1v) is 5.39. The van der Waals surface area contributed by atoms with Gasteiger partial charge in [-0.05, 0) is 38.0 Å². The smallest absolute Gasteiger partial charge is 0.0483 e. The Morgan fingerprint density at radius 2 is 2.13 bits per heavy atom. The number of allylic oxidation sites excluding steroid dienone is 1. The normalized spacial score (nSPS) is 22.1. The van der Waals surface area contributed by atoms with Crippen molar-refractivity contribution in [1.82, 2.24) is 4.98 Å². The highest BCUT2D eigenvalue weighted by Gasteiger charge is 2.29. The zero-order valence-electron chi connectivity index (χ0n) is 9.89. The second kappa shape index (κ2) is 3.37. The zero-order chi connectivity index (χ0) is 11.1. The van der Waals surface area contributed by atoms with Crippen LogP contribution in [0, 0.1) is 12.3 Å². The number of aromatic amines is 1. The van der Waals surface area contributed by atoms with Crippen molar-refractivity contribution in [1.29, 1.82) is 0 Å². The van der Waals surface area contributed by atoms with Crippen LogP contribution in [0.3, 0.4) is 0 Å². The van der Waals surface area contributed by atoms with Crippen molar-refractivity contribution in [3.8, 4) is 0 Å². The van der Waals surface area contributed by atoms with Gasteiger partial charge in [0.1, 0.15) is 0 Å². The summed E-state index contributed by atoms with van der Waals surface area (Å²) in [6.07, 6.45) is 5.21. The molecule has 0 aromatic carbocycles. The van der Waals surface area contributed by atoms with Crippen molar-refractivity contribution in [2.24, 2.45) is 10.4 Å². The highest BCUT2D eigenvalue weighted by atomic mass is 14.8. The molecule has 0 bridgehead atoms. The highest BCUT2D eigenvalue weighted by Crippen LogP contribution is 2.38. The third-order valence-corrected chi connectivity index (χ3v) is 2.98. The van der Waals surface area contributed by atoms with Crippen LogP contribution in [0.4, 0.5) is 0 Å². The highest BCUT2D eigenvalue weighted by molar-refractivity contribution is 5.87. The lowest BCUT2D eigenvalue weighted by molar-refractivity contribution is 0.487. The van der Waals surface area contributed by atoms with Crippen molar-refractivity contribution in [2.75, 3.05) is 0 Å². The van der Waals surface area contributed by atoms with Crippen molar-refractivity contribution >= 4 is 11.8 Å². The average molecular weight is 202 g/mol. The third kappa shape index (κ3) is 1.89. The van der Waals surface area contributed by atoms with Crippen molar-refractivity contribution < 1.29 is 0 Å². The molecular formula is C13H18N2. The molecule has 1 aliphatic rings. The van der Waals surface area contributed by atoms with Gasteiger partial charge in [0.05, 0.1) is 0 Å². The van der Waals surface area contributed by atoms with E-state index in [1.54, 1.807) is 0 Å². The quantitative estimate of drug-likeness (QED) is 0.721. The summed E-state index contributed by atoms with van der Waals surface area (Å²) < 4.78 is 0. The second-order valence-electron chi connectivity index (χ2n) is 5.01. The van der Waals surface area contributed by atoms with Crippen molar-refractivity contribution in [3.05, 3.63) is 29.2 Å². The molecule has 0 radical (unpaired) electrons. The Morgan fingerprint density at radius 1 is 1.40 bits per heavy atom. The molecule has 2 nitrogen and oxygen atoms in total. The molecule has 2 rings (SSSR count). The molecule has 0 fully saturated rings. The maximum atomic E-state index is 4.62. The number of nitrogens with zero attached hydrogens (tertiary/aromatic N) is 1. The number of nitrogens with one attached hydrogen (secondary N) is 1. The first kappa shape index (κ1) is 10.2. The van der Waals surface area contributed by atoms with Gasteiger partial charge in [0.25, 0.3) is 0 Å². The average Bonchev–Trinajstić information content (AvgIpc) is 2.59. The Morgan fingerprint density at radius 3 is 2.60 bits per heavy atom. The third-order valence-electron chi connectivity index (χ3n) is 2.98. The van der Waals surface area contributed by atoms with E-state index in [1.165, 1.54) is 22.7 Å². The minimum atomic E-state index is 0.182. The lowest BCUT2D eigenvalue weighted by Crippen LogP contribution is -2.09. The summed E-state index contributed by atoms with van der Waals surface area (Å²) in [6.45, 7) is 8.71. The molecule has 2 heterocycles. The fourth-order valence-electron chi connectivity index (χ4n) is 2.11. The van der Waals surface area contributed by atoms with Crippen molar-refractivity contribution in [2.45, 2.75) is 34.1 Å². The summed E-state index contributed by atoms with van der Waals surface area (Å²) in [4.78, 5) is 7.85. The van der Waals surface area contributed by atoms with Gasteiger partial charge in [0.2, 0.25) is 0 Å². The molecule has 0 atom stereocenters. The predicted molar refractivity (Wildman–Crippen MR) is 65.0 cm³/mol. The summed E-state index contributed by atoms with van der Waals surface area (Å²) >= 11 is 0. The van der Waals surface area contributed by atoms with Gasteiger partial charge < -0.3 is 4.98 Å². The van der Waals surface area contributed by atoms with Crippen LogP contribution >= 0.6 is 0 Å². The minimum absolute atomic E-state index is 0.182. The van der Waals surface area contributed by atoms with Crippen LogP contribution in [0.1, 0.15) is 38.4 Å². The van der Waals surface area contributed by atoms with Crippen LogP contribution in [-0.4, -0.2) is 10.7 Å². The molecule has 1 aliphatic heterocycles. The standard InChI is InChI=1S/C13H18N2/c1-9-5-6-14-11(9)7-12-13(3,4)8-10(2)15-12/h5-7,14H,8H2,1-4H3/b12-7-. The molecule has 1 aromatic rings. The molecule has 1 N–H and O–H groups in total. The van der Waals surface area contributed by atoms with E-state index < -0.39 is 0 Å². The first-order valence-electron chi connectivity index (χ1n) is 5.39. The Bertz CT molecular complexity index is 433. The lowest BCUT2D eigenvalue weighted by atomic mass is 9.86. The van der Waals surface area contributed by atoms with Crippen LogP contribution in [0.15, 0.2) is 23.0 Å². The number of aryl methyl sites for hydroxylation is 1. The van der Waals surface area contributed by atoms with E-state index in [9.17, 15) is 0 Å². The molecule has 1 aromatic heterocycles. The Balaban J connectivity index is 2.39. The Hall–Kier alpha value is -1.31. The van der Waals surface area contributed by atoms with Crippen molar-refractivity contribution in [3.63, 3.8) is 0 Å². The van der Waals surface area contributed by atoms with E-state index in [1.807, 2.05) is 6.20 Å². The summed E-state index contributed by atoms with van der Waals surface area (Å²) in [7, 11) is 0. The Kier molecular flexibility index (Phi) is 2.29. The number of hydrogen-bond donors (Lipinski definition) is 1. The van der Waals surface area contributed by atoms with E-state index in [0.717, 1.165) is 6.42 Å². The van der Waals surface area contributed by atoms with Gasteiger partial charge >= 0.3 is 0 Å². The summed E-state index contributed by atoms with van der Waals surface area (Å²) in [5.74, 6) is 0. The first-order chi connectivity index (χ1) is 6.99. The van der Waals surface area contributed by atoms with E-state index in [4.69, 9.17) is 0 Å². The van der Waals surface area contributed by atoms with Gasteiger partial charge in [-0.25, -0.2) is 0 Å². The molecule has 0 unspecified atom stereocenters. The van der Waals surface area contributed by atoms with Gasteiger partial charge in [-0.15, -0.1) is 0 Å². The SMILES string of the molecule is CC1=N/C(=C\c2[nH]ccc2C)C(C)(C)C1. The minimum Gasteiger partial charge on any atom is -0.361 e. The molecule has 15 heavy (non-hydrogen) atoms. The molecule has 0 aliphatic carbocycles. The fraction of sp³-hybridized carbons (Fsp3) is 0.462. The van der Waals surface area contributed by atoms with Gasteiger partial charge in [-0.1, -0.05) is 13.8 Å². The number of rotatable bonds is 1. The van der Waals surface area contributed by atoms with Gasteiger partial charge in [-0.3, -0.25) is 4.99 Å². The predicted octanol–water partition coefficient (Wildman–Crippen LogP) is 3.55. The number of aromatic nitrogens is 1. The van der Waals surface area contributed by atoms with Crippen LogP contribution in [0.5, 0.6) is 0 Å². The molecule has 0 amide bonds. The zero-order valence-corrected chi connectivity index (χ0v) is 9.89. The van der Waals surface area contributed by atoms with E-state index in [2.05, 4.69) is 49.8 Å². The van der Waals surface area contributed by atoms with Crippen LogP contribution < -0.4 is 0 Å². The molecule has 0 spiro atoms. The molecule has 0 saturated heterocycles. The summed E-state index contributed by atoms with van der Waals surface area (Å²) in [5.41, 5.74) is 5.05. The molecular weight excluding hydrogens is 184 g/mol. The van der Waals surface area contributed by atoms with E-state index >= 15 is 0 Å². The maximum Gasteiger partial charge on any atom is 0.0483 e. The van der Waals surface area contributed by atoms with Crippen LogP contribution in [-0.2, 0) is 0 Å². The maximum absolute atomic E-state index is 4.62. The second-order valence-corrected chi connectivity index (χ2v) is 5.01. The molecule has 0 saturated carbocycles. The number of aliphatic imine (C=N–C) groups is 1. The van der Waals surface area contributed by atoms with Crippen LogP contribution in [0.25, 0.3) is 6.08 Å². The van der Waals surface area contributed by atoms with E-state index in [0.29, 0.717) is 0 Å². The number of H-pyrrole nitrogens is 1. The lowest BCUT2D eigenvalue weighted by Gasteiger charge is -2.17. The monoisotopic (exact) mass is 202 g/mol. The summed E-state index contributed by atoms with van der Waals surface area (Å²) in [5, 5.41) is 0. The summed E-state index contributed by atoms with van der Waals surface area (Å²) in [6, 6.07) is 2.09. The number of hydrogen-bond acceptors (Lipinski definition) is 1. The van der Waals surface area contributed by atoms with Crippen LogP contribution in [0.2, 0.25) is 0 Å². The molecule has 2 heteroatoms. The van der Waals surface area contributed by atoms with Gasteiger partial charge in [0, 0.05) is 28.7 Å². The van der Waals surface area contributed by atoms with Gasteiger partial charge in [-0.2, -0.15) is 0 Å². The molecule has 80 valence electrons. The van der Waals surface area contributed by atoms with E-state index in [-0.39, 0.29) is 5.41 Å². The van der Waals surface area contributed by atoms with Gasteiger partial charge in [0.15, 0.2) is 0 Å².